The Hall–Kier alpha value is -3.67. The minimum absolute atomic E-state index is 0. The Morgan fingerprint density at radius 3 is 1.11 bits per heavy atom. The highest BCUT2D eigenvalue weighted by molar-refractivity contribution is 7.10. The zero-order valence-corrected chi connectivity index (χ0v) is 46.0. The molecule has 0 saturated heterocycles. The monoisotopic (exact) mass is 955 g/mol. The fraction of sp³-hybridized carbons (Fsp3) is 0.638. The normalized spacial score (nSPS) is 11.0. The number of aryl methyl sites for hydroxylation is 5. The van der Waals surface area contributed by atoms with Gasteiger partial charge in [0, 0.05) is 51.4 Å². The average Bonchev–Trinajstić information content (AvgIpc) is 3.93. The molecule has 0 aromatic carbocycles. The van der Waals surface area contributed by atoms with Crippen LogP contribution in [0.2, 0.25) is 0 Å². The lowest BCUT2D eigenvalue weighted by molar-refractivity contribution is 0.327. The second kappa shape index (κ2) is 30.7. The summed E-state index contributed by atoms with van der Waals surface area (Å²) in [6.45, 7) is 57.0. The first kappa shape index (κ1) is 73.9. The fourth-order valence-corrected chi connectivity index (χ4v) is 6.47. The van der Waals surface area contributed by atoms with Gasteiger partial charge >= 0.3 is 0 Å². The van der Waals surface area contributed by atoms with E-state index in [9.17, 15) is 0 Å². The molecule has 0 aliphatic rings. The van der Waals surface area contributed by atoms with Crippen molar-refractivity contribution in [2.75, 3.05) is 0 Å². The molecule has 0 fully saturated rings. The van der Waals surface area contributed by atoms with Crippen LogP contribution in [0.25, 0.3) is 0 Å². The van der Waals surface area contributed by atoms with Gasteiger partial charge in [-0.2, -0.15) is 5.10 Å². The van der Waals surface area contributed by atoms with Gasteiger partial charge in [-0.25, -0.2) is 0 Å². The highest BCUT2D eigenvalue weighted by Gasteiger charge is 2.20. The molecule has 66 heavy (non-hydrogen) atoms. The number of terminal acetylenes is 1. The highest BCUT2D eigenvalue weighted by atomic mass is 32.1. The van der Waals surface area contributed by atoms with E-state index in [1.54, 1.807) is 0 Å². The maximum absolute atomic E-state index is 5.08. The van der Waals surface area contributed by atoms with Gasteiger partial charge in [-0.3, -0.25) is 4.68 Å². The van der Waals surface area contributed by atoms with Crippen molar-refractivity contribution >= 4 is 22.7 Å². The molecule has 0 spiro atoms. The van der Waals surface area contributed by atoms with Crippen molar-refractivity contribution in [3.8, 4) is 12.3 Å². The van der Waals surface area contributed by atoms with Crippen LogP contribution in [0.4, 0.5) is 0 Å². The van der Waals surface area contributed by atoms with Crippen LogP contribution in [0.5, 0.6) is 0 Å². The standard InChI is InChI=1S/2C9H14S.C8H14N2.2C8H13NO.C6H12.C6H10.4CH4/c1-7-8(5-6-10-7)9(2,3)4;1-7-5-6-10-8(7)9(2,3)4;1-8(2,3)7-5-9-10(4)6-7;2*1-6-5-7(10-9-6)8(2,3)4;2*1-5-6(2,3)4;;;;/h3*5-6H,1-4H3;2*5H,1-4H3;5H,1H2,2-4H3;1H,2-4H3;4*1H4. The third-order valence-corrected chi connectivity index (χ3v) is 10.8. The number of nitrogens with zero attached hydrogens (tertiary/aromatic N) is 4. The lowest BCUT2D eigenvalue weighted by atomic mass is 9.88. The molecular weight excluding hydrogens is 849 g/mol. The van der Waals surface area contributed by atoms with Crippen molar-refractivity contribution in [1.82, 2.24) is 20.1 Å². The van der Waals surface area contributed by atoms with E-state index in [2.05, 4.69) is 195 Å². The number of aromatic nitrogens is 4. The SMILES string of the molecule is C.C.C.C.C#CC(C)(C)C.C=CC(C)(C)C.Cc1cc(C(C)(C)C)on1.Cc1cc(C(C)(C)C)on1.Cc1ccsc1C(C)(C)C.Cc1sccc1C(C)(C)C.Cn1cc(C(C)(C)C)cn1. The van der Waals surface area contributed by atoms with E-state index in [-0.39, 0.29) is 51.4 Å². The summed E-state index contributed by atoms with van der Waals surface area (Å²) in [7, 11) is 1.94. The second-order valence-corrected chi connectivity index (χ2v) is 25.1. The Labute approximate surface area is 419 Å². The molecular formula is C58H106N4O2S2. The molecule has 0 aliphatic carbocycles. The lowest BCUT2D eigenvalue weighted by Gasteiger charge is -2.17. The topological polar surface area (TPSA) is 69.9 Å². The summed E-state index contributed by atoms with van der Waals surface area (Å²) in [5.41, 5.74) is 7.53. The number of hydrogen-bond donors (Lipinski definition) is 0. The summed E-state index contributed by atoms with van der Waals surface area (Å²) in [4.78, 5) is 2.96. The summed E-state index contributed by atoms with van der Waals surface area (Å²) < 4.78 is 12.0. The largest absolute Gasteiger partial charge is 0.361 e. The molecule has 8 heteroatoms. The lowest BCUT2D eigenvalue weighted by Crippen LogP contribution is -2.10. The molecule has 0 amide bonds. The van der Waals surface area contributed by atoms with Crippen LogP contribution in [0.1, 0.15) is 224 Å². The highest BCUT2D eigenvalue weighted by Crippen LogP contribution is 2.30. The molecule has 0 N–H and O–H groups in total. The smallest absolute Gasteiger partial charge is 0.142 e. The molecule has 0 aliphatic heterocycles. The van der Waals surface area contributed by atoms with Crippen LogP contribution in [0, 0.1) is 50.9 Å². The minimum atomic E-state index is 0. The van der Waals surface area contributed by atoms with Crippen LogP contribution >= 0.6 is 22.7 Å². The van der Waals surface area contributed by atoms with Crippen molar-refractivity contribution in [2.45, 2.75) is 230 Å². The summed E-state index contributed by atoms with van der Waals surface area (Å²) in [5, 5.41) is 16.0. The number of allylic oxidation sites excluding steroid dienone is 1. The summed E-state index contributed by atoms with van der Waals surface area (Å²) in [6.07, 6.45) is 11.0. The van der Waals surface area contributed by atoms with Crippen molar-refractivity contribution in [3.05, 3.63) is 109 Å². The molecule has 5 rings (SSSR count). The van der Waals surface area contributed by atoms with E-state index in [0.717, 1.165) is 22.9 Å². The third-order valence-electron chi connectivity index (χ3n) is 8.56. The average molecular weight is 956 g/mol. The van der Waals surface area contributed by atoms with Gasteiger partial charge in [0.05, 0.1) is 17.6 Å². The molecule has 0 saturated carbocycles. The van der Waals surface area contributed by atoms with Crippen molar-refractivity contribution in [2.24, 2.45) is 17.9 Å². The molecule has 0 unspecified atom stereocenters. The van der Waals surface area contributed by atoms with Crippen molar-refractivity contribution in [3.63, 3.8) is 0 Å². The Kier molecular flexibility index (Phi) is 34.3. The van der Waals surface area contributed by atoms with Gasteiger partial charge in [-0.15, -0.1) is 41.6 Å². The Morgan fingerprint density at radius 1 is 0.606 bits per heavy atom. The molecule has 0 radical (unpaired) electrons. The van der Waals surface area contributed by atoms with E-state index in [1.165, 1.54) is 26.4 Å². The maximum atomic E-state index is 5.08. The fourth-order valence-electron chi connectivity index (χ4n) is 4.55. The Balaban J connectivity index is -0.000000159. The summed E-state index contributed by atoms with van der Waals surface area (Å²) >= 11 is 3.69. The first-order valence-electron chi connectivity index (χ1n) is 21.7. The third kappa shape index (κ3) is 33.7. The first-order chi connectivity index (χ1) is 27.7. The van der Waals surface area contributed by atoms with E-state index < -0.39 is 0 Å². The minimum Gasteiger partial charge on any atom is -0.361 e. The van der Waals surface area contributed by atoms with E-state index in [0.29, 0.717) is 16.2 Å². The zero-order valence-electron chi connectivity index (χ0n) is 44.4. The molecule has 5 heterocycles. The van der Waals surface area contributed by atoms with E-state index >= 15 is 0 Å². The second-order valence-electron chi connectivity index (χ2n) is 23.1. The number of rotatable bonds is 0. The van der Waals surface area contributed by atoms with E-state index in [1.807, 2.05) is 93.4 Å². The van der Waals surface area contributed by atoms with Gasteiger partial charge in [-0.1, -0.05) is 171 Å². The van der Waals surface area contributed by atoms with Crippen LogP contribution < -0.4 is 0 Å². The van der Waals surface area contributed by atoms with Crippen molar-refractivity contribution in [1.29, 1.82) is 0 Å². The summed E-state index contributed by atoms with van der Waals surface area (Å²) in [6, 6.07) is 8.35. The number of thiophene rings is 2. The van der Waals surface area contributed by atoms with Crippen LogP contribution in [-0.2, 0) is 34.1 Å². The predicted octanol–water partition coefficient (Wildman–Crippen LogP) is 19.4. The zero-order chi connectivity index (χ0) is 49.3. The predicted molar refractivity (Wildman–Crippen MR) is 302 cm³/mol. The van der Waals surface area contributed by atoms with Crippen LogP contribution in [0.3, 0.4) is 0 Å². The molecule has 0 atom stereocenters. The van der Waals surface area contributed by atoms with Gasteiger partial charge in [0.15, 0.2) is 0 Å². The Bertz CT molecular complexity index is 1840. The van der Waals surface area contributed by atoms with Crippen LogP contribution in [-0.4, -0.2) is 20.1 Å². The quantitative estimate of drug-likeness (QED) is 0.114. The molecule has 382 valence electrons. The van der Waals surface area contributed by atoms with Gasteiger partial charge in [0.2, 0.25) is 0 Å². The molecule has 5 aromatic rings. The van der Waals surface area contributed by atoms with Gasteiger partial charge in [-0.05, 0) is 110 Å². The Morgan fingerprint density at radius 2 is 0.985 bits per heavy atom. The number of hydrogen-bond acceptors (Lipinski definition) is 7. The van der Waals surface area contributed by atoms with E-state index in [4.69, 9.17) is 15.5 Å². The van der Waals surface area contributed by atoms with Crippen LogP contribution in [0.15, 0.2) is 69.1 Å². The first-order valence-corrected chi connectivity index (χ1v) is 23.5. The van der Waals surface area contributed by atoms with Gasteiger partial charge in [0.25, 0.3) is 0 Å². The molecule has 5 aromatic heterocycles. The van der Waals surface area contributed by atoms with Gasteiger partial charge < -0.3 is 9.05 Å². The molecule has 0 bridgehead atoms. The maximum Gasteiger partial charge on any atom is 0.142 e. The van der Waals surface area contributed by atoms with Gasteiger partial charge in [0.1, 0.15) is 11.5 Å². The van der Waals surface area contributed by atoms with Crippen molar-refractivity contribution < 1.29 is 9.05 Å². The summed E-state index contributed by atoms with van der Waals surface area (Å²) in [5.74, 6) is 4.50. The molecule has 6 nitrogen and oxygen atoms in total.